The highest BCUT2D eigenvalue weighted by Crippen LogP contribution is 2.27. The van der Waals surface area contributed by atoms with E-state index < -0.39 is 0 Å². The lowest BCUT2D eigenvalue weighted by Crippen LogP contribution is -2.36. The number of likely N-dealkylation sites (N-methyl/N-ethyl adjacent to an activating group) is 1. The van der Waals surface area contributed by atoms with E-state index in [1.807, 2.05) is 0 Å². The monoisotopic (exact) mass is 270 g/mol. The third kappa shape index (κ3) is 3.22. The van der Waals surface area contributed by atoms with Gasteiger partial charge in [0.25, 0.3) is 0 Å². The third-order valence-electron chi connectivity index (χ3n) is 3.74. The molecule has 2 nitrogen and oxygen atoms in total. The highest BCUT2D eigenvalue weighted by atomic mass is 35.5. The van der Waals surface area contributed by atoms with Crippen LogP contribution < -0.4 is 5.32 Å². The van der Waals surface area contributed by atoms with Crippen LogP contribution in [0.25, 0.3) is 0 Å². The molecule has 1 fully saturated rings. The SMILES string of the molecule is CC(c1ccc(F)cc1Cl)N(C)CC1CCCN1. The molecule has 1 aromatic carbocycles. The quantitative estimate of drug-likeness (QED) is 0.904. The molecule has 2 unspecified atom stereocenters. The molecule has 0 amide bonds. The zero-order chi connectivity index (χ0) is 13.1. The number of hydrogen-bond donors (Lipinski definition) is 1. The van der Waals surface area contributed by atoms with Gasteiger partial charge in [-0.1, -0.05) is 17.7 Å². The van der Waals surface area contributed by atoms with Gasteiger partial charge in [0.2, 0.25) is 0 Å². The minimum Gasteiger partial charge on any atom is -0.313 e. The van der Waals surface area contributed by atoms with Gasteiger partial charge in [-0.3, -0.25) is 4.90 Å². The van der Waals surface area contributed by atoms with Gasteiger partial charge in [0.15, 0.2) is 0 Å². The molecule has 0 bridgehead atoms. The Kier molecular flexibility index (Phi) is 4.60. The van der Waals surface area contributed by atoms with E-state index in [-0.39, 0.29) is 11.9 Å². The second-order valence-corrected chi connectivity index (χ2v) is 5.48. The van der Waals surface area contributed by atoms with Gasteiger partial charge in [-0.05, 0) is 51.1 Å². The summed E-state index contributed by atoms with van der Waals surface area (Å²) in [5, 5.41) is 3.99. The molecule has 0 radical (unpaired) electrons. The van der Waals surface area contributed by atoms with Crippen molar-refractivity contribution in [1.29, 1.82) is 0 Å². The molecule has 2 rings (SSSR count). The summed E-state index contributed by atoms with van der Waals surface area (Å²) in [6.45, 7) is 4.22. The molecule has 1 heterocycles. The Balaban J connectivity index is 2.02. The van der Waals surface area contributed by atoms with Gasteiger partial charge in [0, 0.05) is 23.7 Å². The highest BCUT2D eigenvalue weighted by molar-refractivity contribution is 6.31. The fraction of sp³-hybridized carbons (Fsp3) is 0.571. The molecule has 1 saturated heterocycles. The first-order chi connectivity index (χ1) is 8.58. The molecule has 0 spiro atoms. The van der Waals surface area contributed by atoms with E-state index >= 15 is 0 Å². The van der Waals surface area contributed by atoms with Crippen molar-refractivity contribution in [3.63, 3.8) is 0 Å². The first-order valence-electron chi connectivity index (χ1n) is 6.46. The van der Waals surface area contributed by atoms with E-state index in [0.29, 0.717) is 11.1 Å². The van der Waals surface area contributed by atoms with Crippen molar-refractivity contribution in [2.75, 3.05) is 20.1 Å². The molecule has 1 aromatic rings. The van der Waals surface area contributed by atoms with Crippen LogP contribution in [-0.4, -0.2) is 31.1 Å². The Bertz CT molecular complexity index is 405. The summed E-state index contributed by atoms with van der Waals surface area (Å²) in [6, 6.07) is 5.40. The van der Waals surface area contributed by atoms with E-state index in [0.717, 1.165) is 18.7 Å². The predicted molar refractivity (Wildman–Crippen MR) is 73.5 cm³/mol. The summed E-state index contributed by atoms with van der Waals surface area (Å²) in [5.41, 5.74) is 0.985. The third-order valence-corrected chi connectivity index (χ3v) is 4.07. The van der Waals surface area contributed by atoms with Crippen LogP contribution in [0.15, 0.2) is 18.2 Å². The predicted octanol–water partition coefficient (Wildman–Crippen LogP) is 3.22. The lowest BCUT2D eigenvalue weighted by Gasteiger charge is -2.28. The van der Waals surface area contributed by atoms with Gasteiger partial charge in [0.05, 0.1) is 0 Å². The van der Waals surface area contributed by atoms with Crippen LogP contribution in [-0.2, 0) is 0 Å². The van der Waals surface area contributed by atoms with Crippen molar-refractivity contribution in [3.05, 3.63) is 34.6 Å². The molecule has 2 atom stereocenters. The normalized spacial score (nSPS) is 21.5. The minimum absolute atomic E-state index is 0.195. The van der Waals surface area contributed by atoms with Gasteiger partial charge in [-0.25, -0.2) is 4.39 Å². The Labute approximate surface area is 113 Å². The number of hydrogen-bond acceptors (Lipinski definition) is 2. The summed E-state index contributed by atoms with van der Waals surface area (Å²) in [7, 11) is 2.09. The number of nitrogens with zero attached hydrogens (tertiary/aromatic N) is 1. The van der Waals surface area contributed by atoms with E-state index in [1.165, 1.54) is 25.0 Å². The fourth-order valence-corrected chi connectivity index (χ4v) is 2.82. The summed E-state index contributed by atoms with van der Waals surface area (Å²) in [6.07, 6.45) is 2.48. The summed E-state index contributed by atoms with van der Waals surface area (Å²) < 4.78 is 13.0. The van der Waals surface area contributed by atoms with Crippen molar-refractivity contribution in [1.82, 2.24) is 10.2 Å². The maximum atomic E-state index is 13.0. The van der Waals surface area contributed by atoms with Gasteiger partial charge in [-0.15, -0.1) is 0 Å². The van der Waals surface area contributed by atoms with Gasteiger partial charge in [0.1, 0.15) is 5.82 Å². The van der Waals surface area contributed by atoms with Gasteiger partial charge < -0.3 is 5.32 Å². The molecule has 0 saturated carbocycles. The zero-order valence-corrected chi connectivity index (χ0v) is 11.7. The number of halogens is 2. The molecular weight excluding hydrogens is 251 g/mol. The average Bonchev–Trinajstić information content (AvgIpc) is 2.81. The van der Waals surface area contributed by atoms with E-state index in [4.69, 9.17) is 11.6 Å². The van der Waals surface area contributed by atoms with Gasteiger partial charge in [-0.2, -0.15) is 0 Å². The van der Waals surface area contributed by atoms with Crippen LogP contribution in [0.2, 0.25) is 5.02 Å². The largest absolute Gasteiger partial charge is 0.313 e. The van der Waals surface area contributed by atoms with E-state index in [1.54, 1.807) is 6.07 Å². The van der Waals surface area contributed by atoms with Crippen LogP contribution in [0.5, 0.6) is 0 Å². The topological polar surface area (TPSA) is 15.3 Å². The highest BCUT2D eigenvalue weighted by Gasteiger charge is 2.20. The smallest absolute Gasteiger partial charge is 0.124 e. The van der Waals surface area contributed by atoms with Crippen molar-refractivity contribution in [2.24, 2.45) is 0 Å². The van der Waals surface area contributed by atoms with Crippen molar-refractivity contribution >= 4 is 11.6 Å². The molecule has 1 aliphatic rings. The van der Waals surface area contributed by atoms with Crippen LogP contribution in [0.3, 0.4) is 0 Å². The Hall–Kier alpha value is -0.640. The number of rotatable bonds is 4. The number of benzene rings is 1. The summed E-state index contributed by atoms with van der Waals surface area (Å²) >= 11 is 6.10. The Morgan fingerprint density at radius 3 is 2.94 bits per heavy atom. The zero-order valence-electron chi connectivity index (χ0n) is 10.9. The lowest BCUT2D eigenvalue weighted by atomic mass is 10.1. The van der Waals surface area contributed by atoms with Crippen LogP contribution >= 0.6 is 11.6 Å². The Morgan fingerprint density at radius 2 is 2.33 bits per heavy atom. The van der Waals surface area contributed by atoms with E-state index in [2.05, 4.69) is 24.2 Å². The first kappa shape index (κ1) is 13.8. The van der Waals surface area contributed by atoms with E-state index in [9.17, 15) is 4.39 Å². The molecule has 0 aliphatic carbocycles. The molecule has 4 heteroatoms. The standard InChI is InChI=1S/C14H20ClFN2/c1-10(13-6-5-11(16)8-14(13)15)18(2)9-12-4-3-7-17-12/h5-6,8,10,12,17H,3-4,7,9H2,1-2H3. The first-order valence-corrected chi connectivity index (χ1v) is 6.84. The summed E-state index contributed by atoms with van der Waals surface area (Å²) in [5.74, 6) is -0.281. The van der Waals surface area contributed by atoms with Crippen molar-refractivity contribution in [3.8, 4) is 0 Å². The summed E-state index contributed by atoms with van der Waals surface area (Å²) in [4.78, 5) is 2.27. The maximum Gasteiger partial charge on any atom is 0.124 e. The lowest BCUT2D eigenvalue weighted by molar-refractivity contribution is 0.238. The minimum atomic E-state index is -0.281. The molecular formula is C14H20ClFN2. The fourth-order valence-electron chi connectivity index (χ4n) is 2.50. The molecule has 1 aliphatic heterocycles. The van der Waals surface area contributed by atoms with Crippen molar-refractivity contribution < 1.29 is 4.39 Å². The second kappa shape index (κ2) is 6.00. The molecule has 1 N–H and O–H groups in total. The van der Waals surface area contributed by atoms with Crippen molar-refractivity contribution in [2.45, 2.75) is 31.8 Å². The maximum absolute atomic E-state index is 13.0. The number of nitrogens with one attached hydrogen (secondary N) is 1. The second-order valence-electron chi connectivity index (χ2n) is 5.07. The molecule has 18 heavy (non-hydrogen) atoms. The molecule has 0 aromatic heterocycles. The van der Waals surface area contributed by atoms with Crippen LogP contribution in [0.1, 0.15) is 31.4 Å². The van der Waals surface area contributed by atoms with Gasteiger partial charge >= 0.3 is 0 Å². The average molecular weight is 271 g/mol. The van der Waals surface area contributed by atoms with Crippen LogP contribution in [0, 0.1) is 5.82 Å². The van der Waals surface area contributed by atoms with Crippen LogP contribution in [0.4, 0.5) is 4.39 Å². The Morgan fingerprint density at radius 1 is 1.56 bits per heavy atom. The molecule has 100 valence electrons.